The molecule has 0 saturated heterocycles. The Hall–Kier alpha value is -0.690. The average molecular weight is 405 g/mol. The van der Waals surface area contributed by atoms with Crippen molar-refractivity contribution in [2.75, 3.05) is 13.2 Å². The van der Waals surface area contributed by atoms with Gasteiger partial charge in [0, 0.05) is 19.2 Å². The molecule has 0 saturated carbocycles. The third kappa shape index (κ3) is 12.4. The number of aliphatic hydroxyl groups excluding tert-OH is 2. The second-order valence-corrected chi connectivity index (χ2v) is 7.72. The monoisotopic (exact) mass is 404 g/mol. The molecule has 7 heteroatoms. The van der Waals surface area contributed by atoms with Crippen molar-refractivity contribution in [3.63, 3.8) is 0 Å². The Morgan fingerprint density at radius 1 is 0.889 bits per heavy atom. The van der Waals surface area contributed by atoms with E-state index in [2.05, 4.69) is 17.2 Å². The molecule has 0 aliphatic heterocycles. The van der Waals surface area contributed by atoms with Gasteiger partial charge in [-0.2, -0.15) is 0 Å². The maximum atomic E-state index is 9.24. The van der Waals surface area contributed by atoms with Crippen molar-refractivity contribution >= 4 is 12.4 Å². The van der Waals surface area contributed by atoms with E-state index in [1.54, 1.807) is 0 Å². The van der Waals surface area contributed by atoms with Gasteiger partial charge in [-0.15, -0.1) is 17.5 Å². The fraction of sp³-hybridized carbons (Fsp3) is 0.900. The minimum atomic E-state index is -1.02. The molecule has 0 amide bonds. The number of nitrogens with zero attached hydrogens (tertiary/aromatic N) is 3. The summed E-state index contributed by atoms with van der Waals surface area (Å²) in [6.07, 6.45) is 18.2. The maximum Gasteiger partial charge on any atom is 0.0847 e. The third-order valence-corrected chi connectivity index (χ3v) is 4.99. The largest absolute Gasteiger partial charge is 0.394 e. The van der Waals surface area contributed by atoms with Crippen LogP contribution < -0.4 is 5.73 Å². The number of aryl methyl sites for hydroxylation is 1. The van der Waals surface area contributed by atoms with Gasteiger partial charge in [-0.1, -0.05) is 82.8 Å². The summed E-state index contributed by atoms with van der Waals surface area (Å²) in [7, 11) is 0. The highest BCUT2D eigenvalue weighted by molar-refractivity contribution is 5.85. The summed E-state index contributed by atoms with van der Waals surface area (Å²) in [4.78, 5) is 0. The highest BCUT2D eigenvalue weighted by Crippen LogP contribution is 2.12. The molecule has 4 N–H and O–H groups in total. The van der Waals surface area contributed by atoms with Gasteiger partial charge < -0.3 is 15.9 Å². The topological polar surface area (TPSA) is 97.2 Å². The molecule has 1 aromatic rings. The van der Waals surface area contributed by atoms with Crippen LogP contribution in [0.3, 0.4) is 0 Å². The van der Waals surface area contributed by atoms with E-state index in [1.165, 1.54) is 70.6 Å². The van der Waals surface area contributed by atoms with Gasteiger partial charge in [-0.05, 0) is 6.42 Å². The van der Waals surface area contributed by atoms with E-state index in [0.717, 1.165) is 18.7 Å². The van der Waals surface area contributed by atoms with Gasteiger partial charge in [0.2, 0.25) is 0 Å². The van der Waals surface area contributed by atoms with E-state index in [1.807, 2.05) is 10.9 Å². The fourth-order valence-electron chi connectivity index (χ4n) is 3.17. The van der Waals surface area contributed by atoms with E-state index < -0.39 is 5.54 Å². The first-order chi connectivity index (χ1) is 12.6. The van der Waals surface area contributed by atoms with Crippen molar-refractivity contribution in [2.45, 2.75) is 102 Å². The average Bonchev–Trinajstić information content (AvgIpc) is 3.09. The molecule has 0 aliphatic rings. The summed E-state index contributed by atoms with van der Waals surface area (Å²) < 4.78 is 1.83. The molecule has 0 radical (unpaired) electrons. The Balaban J connectivity index is 0.00000676. The second kappa shape index (κ2) is 16.3. The highest BCUT2D eigenvalue weighted by atomic mass is 35.5. The predicted molar refractivity (Wildman–Crippen MR) is 113 cm³/mol. The van der Waals surface area contributed by atoms with Crippen LogP contribution in [0.25, 0.3) is 0 Å². The second-order valence-electron chi connectivity index (χ2n) is 7.72. The number of hydrogen-bond acceptors (Lipinski definition) is 5. The number of rotatable bonds is 17. The van der Waals surface area contributed by atoms with Crippen molar-refractivity contribution < 1.29 is 10.2 Å². The highest BCUT2D eigenvalue weighted by Gasteiger charge is 2.25. The van der Waals surface area contributed by atoms with Crippen LogP contribution >= 0.6 is 12.4 Å². The molecular formula is C20H41ClN4O2. The summed E-state index contributed by atoms with van der Waals surface area (Å²) in [6, 6.07) is 0. The van der Waals surface area contributed by atoms with Crippen LogP contribution in [0.4, 0.5) is 0 Å². The van der Waals surface area contributed by atoms with E-state index in [9.17, 15) is 10.2 Å². The normalized spacial score (nSPS) is 11.6. The fourth-order valence-corrected chi connectivity index (χ4v) is 3.17. The summed E-state index contributed by atoms with van der Waals surface area (Å²) in [5.41, 5.74) is 5.58. The zero-order valence-electron chi connectivity index (χ0n) is 17.1. The lowest BCUT2D eigenvalue weighted by atomic mass is 9.97. The lowest BCUT2D eigenvalue weighted by molar-refractivity contribution is 0.120. The van der Waals surface area contributed by atoms with Gasteiger partial charge in [0.05, 0.1) is 24.4 Å². The Morgan fingerprint density at radius 3 is 1.85 bits per heavy atom. The van der Waals surface area contributed by atoms with Gasteiger partial charge in [0.15, 0.2) is 0 Å². The van der Waals surface area contributed by atoms with Crippen LogP contribution in [-0.2, 0) is 13.0 Å². The molecular weight excluding hydrogens is 364 g/mol. The molecule has 0 atom stereocenters. The SMILES string of the molecule is CCCCCCCCCCCCCCn1cc(CC(N)(CO)CO)nn1.Cl. The molecule has 1 rings (SSSR count). The van der Waals surface area contributed by atoms with Crippen LogP contribution in [-0.4, -0.2) is 44.0 Å². The molecule has 0 fully saturated rings. The van der Waals surface area contributed by atoms with Crippen molar-refractivity contribution in [1.82, 2.24) is 15.0 Å². The third-order valence-electron chi connectivity index (χ3n) is 4.99. The molecule has 27 heavy (non-hydrogen) atoms. The lowest BCUT2D eigenvalue weighted by Crippen LogP contribution is -2.49. The predicted octanol–water partition coefficient (Wildman–Crippen LogP) is 3.63. The van der Waals surface area contributed by atoms with E-state index in [4.69, 9.17) is 5.73 Å². The van der Waals surface area contributed by atoms with Crippen LogP contribution in [0.2, 0.25) is 0 Å². The van der Waals surface area contributed by atoms with E-state index in [0.29, 0.717) is 6.42 Å². The lowest BCUT2D eigenvalue weighted by Gasteiger charge is -2.22. The van der Waals surface area contributed by atoms with Crippen molar-refractivity contribution in [1.29, 1.82) is 0 Å². The van der Waals surface area contributed by atoms with Gasteiger partial charge in [0.25, 0.3) is 0 Å². The summed E-state index contributed by atoms with van der Waals surface area (Å²) in [5.74, 6) is 0. The van der Waals surface area contributed by atoms with Crippen LogP contribution in [0.15, 0.2) is 6.20 Å². The van der Waals surface area contributed by atoms with Gasteiger partial charge >= 0.3 is 0 Å². The Labute approximate surface area is 171 Å². The number of nitrogens with two attached hydrogens (primary N) is 1. The van der Waals surface area contributed by atoms with Gasteiger partial charge in [-0.3, -0.25) is 4.68 Å². The van der Waals surface area contributed by atoms with E-state index in [-0.39, 0.29) is 25.6 Å². The molecule has 1 aromatic heterocycles. The first-order valence-corrected chi connectivity index (χ1v) is 10.5. The minimum Gasteiger partial charge on any atom is -0.394 e. The summed E-state index contributed by atoms with van der Waals surface area (Å²) in [5, 5.41) is 26.7. The zero-order valence-corrected chi connectivity index (χ0v) is 17.9. The Bertz CT molecular complexity index is 453. The molecule has 6 nitrogen and oxygen atoms in total. The number of unbranched alkanes of at least 4 members (excludes halogenated alkanes) is 11. The maximum absolute atomic E-state index is 9.24. The number of halogens is 1. The molecule has 1 heterocycles. The van der Waals surface area contributed by atoms with Crippen LogP contribution in [0.1, 0.15) is 89.7 Å². The Morgan fingerprint density at radius 2 is 1.37 bits per heavy atom. The van der Waals surface area contributed by atoms with Gasteiger partial charge in [0.1, 0.15) is 0 Å². The van der Waals surface area contributed by atoms with Crippen molar-refractivity contribution in [3.8, 4) is 0 Å². The Kier molecular flexibility index (Phi) is 15.9. The van der Waals surface area contributed by atoms with Crippen LogP contribution in [0, 0.1) is 0 Å². The molecule has 0 bridgehead atoms. The van der Waals surface area contributed by atoms with Crippen molar-refractivity contribution in [3.05, 3.63) is 11.9 Å². The summed E-state index contributed by atoms with van der Waals surface area (Å²) in [6.45, 7) is 2.59. The first-order valence-electron chi connectivity index (χ1n) is 10.5. The van der Waals surface area contributed by atoms with E-state index >= 15 is 0 Å². The van der Waals surface area contributed by atoms with Crippen LogP contribution in [0.5, 0.6) is 0 Å². The number of hydrogen-bond donors (Lipinski definition) is 3. The zero-order chi connectivity index (χ0) is 19.1. The smallest absolute Gasteiger partial charge is 0.0847 e. The molecule has 0 aliphatic carbocycles. The minimum absolute atomic E-state index is 0. The van der Waals surface area contributed by atoms with Gasteiger partial charge in [-0.25, -0.2) is 0 Å². The van der Waals surface area contributed by atoms with Crippen molar-refractivity contribution in [2.24, 2.45) is 5.73 Å². The molecule has 0 spiro atoms. The quantitative estimate of drug-likeness (QED) is 0.344. The molecule has 0 unspecified atom stereocenters. The first kappa shape index (κ1) is 26.3. The summed E-state index contributed by atoms with van der Waals surface area (Å²) >= 11 is 0. The standard InChI is InChI=1S/C20H40N4O2.ClH/c1-2-3-4-5-6-7-8-9-10-11-12-13-14-24-16-19(22-23-24)15-20(21,17-25)18-26;/h16,25-26H,2-15,17-18,21H2,1H3;1H. The molecule has 160 valence electrons. The number of aliphatic hydroxyl groups is 2. The molecule has 0 aromatic carbocycles. The number of aromatic nitrogens is 3.